The first-order valence-electron chi connectivity index (χ1n) is 12.9. The Morgan fingerprint density at radius 1 is 0.706 bits per heavy atom. The molecule has 3 aliphatic heterocycles. The van der Waals surface area contributed by atoms with Crippen molar-refractivity contribution in [1.82, 2.24) is 15.1 Å². The average Bonchev–Trinajstić information content (AvgIpc) is 2.85. The van der Waals surface area contributed by atoms with Crippen LogP contribution in [0.15, 0.2) is 18.2 Å². The van der Waals surface area contributed by atoms with Crippen LogP contribution in [0.4, 0.5) is 0 Å². The summed E-state index contributed by atoms with van der Waals surface area (Å²) in [6.07, 6.45) is 6.33. The summed E-state index contributed by atoms with van der Waals surface area (Å²) in [4.78, 5) is 4.87. The molecule has 5 rings (SSSR count). The van der Waals surface area contributed by atoms with Crippen LogP contribution in [0.5, 0.6) is 17.2 Å². The van der Waals surface area contributed by atoms with Crippen molar-refractivity contribution >= 4 is 0 Å². The molecular weight excluding hydrogens is 426 g/mol. The summed E-state index contributed by atoms with van der Waals surface area (Å²) in [5.41, 5.74) is 7.93. The Bertz CT molecular complexity index is 1020. The molecule has 1 N–H and O–H groups in total. The van der Waals surface area contributed by atoms with Crippen LogP contribution in [0.1, 0.15) is 65.5 Å². The van der Waals surface area contributed by atoms with Crippen molar-refractivity contribution in [2.24, 2.45) is 0 Å². The van der Waals surface area contributed by atoms with Crippen LogP contribution in [0.3, 0.4) is 0 Å². The first kappa shape index (κ1) is 23.5. The molecule has 0 fully saturated rings. The zero-order chi connectivity index (χ0) is 23.5. The molecule has 0 aliphatic carbocycles. The maximum absolute atomic E-state index is 6.09. The van der Waals surface area contributed by atoms with Crippen molar-refractivity contribution in [1.29, 1.82) is 0 Å². The number of ether oxygens (including phenoxy) is 3. The molecule has 3 heterocycles. The second kappa shape index (κ2) is 10.5. The van der Waals surface area contributed by atoms with Gasteiger partial charge in [0.1, 0.15) is 37.4 Å². The van der Waals surface area contributed by atoms with E-state index >= 15 is 0 Å². The van der Waals surface area contributed by atoms with Gasteiger partial charge in [-0.25, -0.2) is 0 Å². The van der Waals surface area contributed by atoms with Crippen LogP contribution in [-0.4, -0.2) is 43.1 Å². The Morgan fingerprint density at radius 3 is 2.15 bits per heavy atom. The van der Waals surface area contributed by atoms with Crippen LogP contribution in [-0.2, 0) is 19.6 Å². The highest BCUT2D eigenvalue weighted by Crippen LogP contribution is 2.37. The topological polar surface area (TPSA) is 46.2 Å². The third kappa shape index (κ3) is 5.19. The van der Waals surface area contributed by atoms with Gasteiger partial charge in [-0.15, -0.1) is 0 Å². The minimum absolute atomic E-state index is 0.580. The quantitative estimate of drug-likeness (QED) is 0.553. The highest BCUT2D eigenvalue weighted by molar-refractivity contribution is 5.53. The monoisotopic (exact) mass is 465 g/mol. The van der Waals surface area contributed by atoms with E-state index in [9.17, 15) is 0 Å². The lowest BCUT2D eigenvalue weighted by Gasteiger charge is -2.32. The second-order valence-electron chi connectivity index (χ2n) is 10.1. The maximum Gasteiger partial charge on any atom is 0.142 e. The normalized spacial score (nSPS) is 17.7. The van der Waals surface area contributed by atoms with E-state index in [0.717, 1.165) is 56.7 Å². The number of unbranched alkanes of at least 4 members (excludes halogenated alkanes) is 4. The van der Waals surface area contributed by atoms with Crippen molar-refractivity contribution in [3.05, 3.63) is 51.6 Å². The standard InChI is InChI=1S/C28H39N3O3/c1-20-11-23-15-30(18-33-26(23)12-21(20)2)9-7-5-4-6-8-10-31-16-25-22(3)24-14-29-17-32-27(24)13-28(25)34-19-31/h11-13,29H,4-10,14-19H2,1-3H3. The van der Waals surface area contributed by atoms with Gasteiger partial charge in [0.15, 0.2) is 0 Å². The van der Waals surface area contributed by atoms with Gasteiger partial charge in [0.25, 0.3) is 0 Å². The lowest BCUT2D eigenvalue weighted by molar-refractivity contribution is 0.0907. The number of hydrogen-bond acceptors (Lipinski definition) is 6. The number of benzene rings is 2. The number of nitrogens with zero attached hydrogens (tertiary/aromatic N) is 2. The zero-order valence-corrected chi connectivity index (χ0v) is 21.0. The first-order chi connectivity index (χ1) is 16.6. The van der Waals surface area contributed by atoms with Crippen molar-refractivity contribution in [3.8, 4) is 17.2 Å². The molecule has 0 amide bonds. The van der Waals surface area contributed by atoms with Gasteiger partial charge in [-0.05, 0) is 56.4 Å². The van der Waals surface area contributed by atoms with Crippen molar-refractivity contribution < 1.29 is 14.2 Å². The summed E-state index contributed by atoms with van der Waals surface area (Å²) < 4.78 is 17.8. The lowest BCUT2D eigenvalue weighted by atomic mass is 9.98. The van der Waals surface area contributed by atoms with E-state index in [2.05, 4.69) is 54.1 Å². The molecule has 2 aromatic rings. The fourth-order valence-corrected chi connectivity index (χ4v) is 5.30. The molecule has 0 bridgehead atoms. The van der Waals surface area contributed by atoms with Crippen molar-refractivity contribution in [2.75, 3.05) is 33.3 Å². The zero-order valence-electron chi connectivity index (χ0n) is 21.0. The number of fused-ring (bicyclic) bond motifs is 3. The van der Waals surface area contributed by atoms with Gasteiger partial charge in [0.2, 0.25) is 0 Å². The van der Waals surface area contributed by atoms with Gasteiger partial charge in [-0.2, -0.15) is 0 Å². The summed E-state index contributed by atoms with van der Waals surface area (Å²) in [7, 11) is 0. The van der Waals surface area contributed by atoms with Gasteiger partial charge in [0.05, 0.1) is 0 Å². The Labute approximate surface area is 204 Å². The second-order valence-corrected chi connectivity index (χ2v) is 10.1. The SMILES string of the molecule is Cc1cc2c(cc1C)OCN(CCCCCCCN1COc3cc4c(c(C)c3C1)CNCO4)C2. The van der Waals surface area contributed by atoms with E-state index in [1.807, 2.05) is 0 Å². The van der Waals surface area contributed by atoms with E-state index in [1.54, 1.807) is 0 Å². The first-order valence-corrected chi connectivity index (χ1v) is 12.9. The molecule has 0 spiro atoms. The Morgan fingerprint density at radius 2 is 1.35 bits per heavy atom. The van der Waals surface area contributed by atoms with E-state index in [-0.39, 0.29) is 0 Å². The molecule has 0 atom stereocenters. The lowest BCUT2D eigenvalue weighted by Crippen LogP contribution is -2.34. The van der Waals surface area contributed by atoms with Crippen LogP contribution in [0, 0.1) is 20.8 Å². The Balaban J connectivity index is 0.994. The van der Waals surface area contributed by atoms with E-state index in [0.29, 0.717) is 13.5 Å². The van der Waals surface area contributed by atoms with Crippen LogP contribution in [0.25, 0.3) is 0 Å². The van der Waals surface area contributed by atoms with Gasteiger partial charge in [-0.3, -0.25) is 15.1 Å². The molecule has 0 saturated carbocycles. The third-order valence-corrected chi connectivity index (χ3v) is 7.60. The number of aryl methyl sites for hydroxylation is 2. The summed E-state index contributed by atoms with van der Waals surface area (Å²) in [6, 6.07) is 6.57. The van der Waals surface area contributed by atoms with Crippen LogP contribution in [0.2, 0.25) is 0 Å². The highest BCUT2D eigenvalue weighted by Gasteiger charge is 2.24. The molecule has 34 heavy (non-hydrogen) atoms. The van der Waals surface area contributed by atoms with E-state index in [4.69, 9.17) is 14.2 Å². The third-order valence-electron chi connectivity index (χ3n) is 7.60. The molecule has 6 heteroatoms. The van der Waals surface area contributed by atoms with Gasteiger partial charge in [-0.1, -0.05) is 25.3 Å². The molecule has 3 aliphatic rings. The fourth-order valence-electron chi connectivity index (χ4n) is 5.30. The molecule has 0 radical (unpaired) electrons. The van der Waals surface area contributed by atoms with E-state index in [1.165, 1.54) is 65.5 Å². The maximum atomic E-state index is 6.09. The van der Waals surface area contributed by atoms with Gasteiger partial charge >= 0.3 is 0 Å². The highest BCUT2D eigenvalue weighted by atomic mass is 16.5. The molecular formula is C28H39N3O3. The number of nitrogens with one attached hydrogen (secondary N) is 1. The van der Waals surface area contributed by atoms with Crippen LogP contribution < -0.4 is 19.5 Å². The van der Waals surface area contributed by atoms with Crippen molar-refractivity contribution in [2.45, 2.75) is 72.5 Å². The molecule has 0 aromatic heterocycles. The summed E-state index contributed by atoms with van der Waals surface area (Å²) >= 11 is 0. The molecule has 0 unspecified atom stereocenters. The summed E-state index contributed by atoms with van der Waals surface area (Å²) in [5.74, 6) is 3.06. The summed E-state index contributed by atoms with van der Waals surface area (Å²) in [6.45, 7) is 13.6. The fraction of sp³-hybridized carbons (Fsp3) is 0.571. The van der Waals surface area contributed by atoms with Gasteiger partial charge < -0.3 is 14.2 Å². The predicted octanol–water partition coefficient (Wildman–Crippen LogP) is 5.01. The predicted molar refractivity (Wildman–Crippen MR) is 134 cm³/mol. The summed E-state index contributed by atoms with van der Waals surface area (Å²) in [5, 5.41) is 3.30. The number of hydrogen-bond donors (Lipinski definition) is 1. The molecule has 184 valence electrons. The largest absolute Gasteiger partial charge is 0.478 e. The molecule has 6 nitrogen and oxygen atoms in total. The van der Waals surface area contributed by atoms with E-state index < -0.39 is 0 Å². The molecule has 2 aromatic carbocycles. The Kier molecular flexibility index (Phi) is 7.28. The minimum atomic E-state index is 0.580. The van der Waals surface area contributed by atoms with Crippen LogP contribution >= 0.6 is 0 Å². The van der Waals surface area contributed by atoms with Crippen molar-refractivity contribution in [3.63, 3.8) is 0 Å². The minimum Gasteiger partial charge on any atom is -0.478 e. The smallest absolute Gasteiger partial charge is 0.142 e. The Hall–Kier alpha value is -2.28. The van der Waals surface area contributed by atoms with Gasteiger partial charge in [0, 0.05) is 55.5 Å². The number of rotatable bonds is 8. The average molecular weight is 466 g/mol. The molecule has 0 saturated heterocycles.